The number of pyridine rings is 1. The third kappa shape index (κ3) is 1.86. The molecule has 0 aromatic carbocycles. The molecule has 2 unspecified atom stereocenters. The average Bonchev–Trinajstić information content (AvgIpc) is 2.68. The number of carbonyl (C=O) groups excluding carboxylic acids is 1. The number of carbonyl (C=O) groups is 1. The maximum Gasteiger partial charge on any atom is 0.259 e. The lowest BCUT2D eigenvalue weighted by Crippen LogP contribution is -2.46. The van der Waals surface area contributed by atoms with Crippen LogP contribution in [-0.2, 0) is 4.74 Å². The maximum atomic E-state index is 12.2. The van der Waals surface area contributed by atoms with Gasteiger partial charge in [0.05, 0.1) is 12.2 Å². The second kappa shape index (κ2) is 4.00. The Balaban J connectivity index is 1.83. The third-order valence-corrected chi connectivity index (χ3v) is 3.39. The largest absolute Gasteiger partial charge is 0.371 e. The van der Waals surface area contributed by atoms with E-state index >= 15 is 0 Å². The summed E-state index contributed by atoms with van der Waals surface area (Å²) in [6, 6.07) is 1.38. The summed E-state index contributed by atoms with van der Waals surface area (Å²) >= 11 is 0. The molecule has 3 heterocycles. The summed E-state index contributed by atoms with van der Waals surface area (Å²) in [5.41, 5.74) is -0.0126. The van der Waals surface area contributed by atoms with Gasteiger partial charge in [-0.15, -0.1) is 0 Å². The number of H-pyrrole nitrogens is 1. The van der Waals surface area contributed by atoms with Gasteiger partial charge in [0.15, 0.2) is 5.43 Å². The van der Waals surface area contributed by atoms with Crippen LogP contribution in [0.25, 0.3) is 0 Å². The zero-order chi connectivity index (χ0) is 11.8. The van der Waals surface area contributed by atoms with Crippen LogP contribution in [0.3, 0.4) is 0 Å². The SMILES string of the molecule is O=C(c1c[nH]ccc1=O)N1CC2CCC(C1)O2. The first-order valence-electron chi connectivity index (χ1n) is 5.86. The second-order valence-corrected chi connectivity index (χ2v) is 4.59. The number of likely N-dealkylation sites (tertiary alicyclic amines) is 1. The Hall–Kier alpha value is -1.62. The third-order valence-electron chi connectivity index (χ3n) is 3.39. The number of fused-ring (bicyclic) bond motifs is 2. The molecule has 2 saturated heterocycles. The molecule has 2 atom stereocenters. The van der Waals surface area contributed by atoms with E-state index in [0.717, 1.165) is 12.8 Å². The quantitative estimate of drug-likeness (QED) is 0.764. The number of aromatic amines is 1. The summed E-state index contributed by atoms with van der Waals surface area (Å²) in [5, 5.41) is 0. The highest BCUT2D eigenvalue weighted by atomic mass is 16.5. The Kier molecular flexibility index (Phi) is 2.48. The molecule has 1 amide bonds. The van der Waals surface area contributed by atoms with Gasteiger partial charge < -0.3 is 14.6 Å². The van der Waals surface area contributed by atoms with Crippen LogP contribution in [0.1, 0.15) is 23.2 Å². The van der Waals surface area contributed by atoms with Crippen molar-refractivity contribution < 1.29 is 9.53 Å². The average molecular weight is 234 g/mol. The number of nitrogens with zero attached hydrogens (tertiary/aromatic N) is 1. The normalized spacial score (nSPS) is 27.2. The Bertz CT molecular complexity index is 485. The fourth-order valence-electron chi connectivity index (χ4n) is 2.53. The van der Waals surface area contributed by atoms with Crippen molar-refractivity contribution in [3.05, 3.63) is 34.2 Å². The molecule has 0 radical (unpaired) electrons. The monoisotopic (exact) mass is 234 g/mol. The van der Waals surface area contributed by atoms with E-state index in [9.17, 15) is 9.59 Å². The first-order valence-corrected chi connectivity index (χ1v) is 5.86. The number of amides is 1. The summed E-state index contributed by atoms with van der Waals surface area (Å²) in [6.07, 6.45) is 5.34. The molecule has 2 aliphatic rings. The first-order chi connectivity index (χ1) is 8.24. The molecule has 1 N–H and O–H groups in total. The Morgan fingerprint density at radius 1 is 1.35 bits per heavy atom. The van der Waals surface area contributed by atoms with Crippen LogP contribution in [0, 0.1) is 0 Å². The minimum Gasteiger partial charge on any atom is -0.371 e. The van der Waals surface area contributed by atoms with E-state index in [1.807, 2.05) is 0 Å². The number of hydrogen-bond donors (Lipinski definition) is 1. The van der Waals surface area contributed by atoms with Gasteiger partial charge in [-0.25, -0.2) is 0 Å². The fourth-order valence-corrected chi connectivity index (χ4v) is 2.53. The summed E-state index contributed by atoms with van der Waals surface area (Å²) < 4.78 is 5.66. The first kappa shape index (κ1) is 10.5. The van der Waals surface area contributed by atoms with Gasteiger partial charge in [-0.2, -0.15) is 0 Å². The summed E-state index contributed by atoms with van der Waals surface area (Å²) in [5.74, 6) is -0.188. The van der Waals surface area contributed by atoms with Crippen molar-refractivity contribution in [2.45, 2.75) is 25.0 Å². The minimum atomic E-state index is -0.229. The zero-order valence-corrected chi connectivity index (χ0v) is 9.39. The van der Waals surface area contributed by atoms with Crippen molar-refractivity contribution in [1.82, 2.24) is 9.88 Å². The number of rotatable bonds is 1. The van der Waals surface area contributed by atoms with Crippen molar-refractivity contribution in [2.24, 2.45) is 0 Å². The summed E-state index contributed by atoms with van der Waals surface area (Å²) in [6.45, 7) is 1.20. The standard InChI is InChI=1S/C12H14N2O3/c15-11-3-4-13-5-10(11)12(16)14-6-8-1-2-9(7-14)17-8/h3-5,8-9H,1-2,6-7H2,(H,13,15). The zero-order valence-electron chi connectivity index (χ0n) is 9.39. The lowest BCUT2D eigenvalue weighted by Gasteiger charge is -2.31. The molecular formula is C12H14N2O3. The van der Waals surface area contributed by atoms with Crippen LogP contribution in [0.15, 0.2) is 23.3 Å². The Morgan fingerprint density at radius 3 is 2.71 bits per heavy atom. The number of nitrogens with one attached hydrogen (secondary N) is 1. The van der Waals surface area contributed by atoms with E-state index in [0.29, 0.717) is 13.1 Å². The van der Waals surface area contributed by atoms with Crippen LogP contribution >= 0.6 is 0 Å². The molecule has 0 spiro atoms. The molecule has 0 saturated carbocycles. The van der Waals surface area contributed by atoms with E-state index in [1.165, 1.54) is 18.5 Å². The number of aromatic nitrogens is 1. The molecule has 1 aromatic rings. The maximum absolute atomic E-state index is 12.2. The molecule has 2 aliphatic heterocycles. The van der Waals surface area contributed by atoms with Crippen molar-refractivity contribution in [2.75, 3.05) is 13.1 Å². The van der Waals surface area contributed by atoms with Gasteiger partial charge in [-0.1, -0.05) is 0 Å². The van der Waals surface area contributed by atoms with Crippen molar-refractivity contribution in [3.63, 3.8) is 0 Å². The number of ether oxygens (including phenoxy) is 1. The van der Waals surface area contributed by atoms with E-state index in [1.54, 1.807) is 4.90 Å². The molecule has 2 bridgehead atoms. The molecule has 1 aromatic heterocycles. The van der Waals surface area contributed by atoms with Crippen molar-refractivity contribution in [3.8, 4) is 0 Å². The van der Waals surface area contributed by atoms with Gasteiger partial charge in [0.2, 0.25) is 0 Å². The van der Waals surface area contributed by atoms with Crippen LogP contribution in [0.5, 0.6) is 0 Å². The molecular weight excluding hydrogens is 220 g/mol. The smallest absolute Gasteiger partial charge is 0.259 e. The molecule has 0 aliphatic carbocycles. The highest BCUT2D eigenvalue weighted by molar-refractivity contribution is 5.93. The molecule has 17 heavy (non-hydrogen) atoms. The molecule has 90 valence electrons. The highest BCUT2D eigenvalue weighted by Gasteiger charge is 2.36. The van der Waals surface area contributed by atoms with Gasteiger partial charge in [0, 0.05) is 31.5 Å². The van der Waals surface area contributed by atoms with Crippen LogP contribution in [0.2, 0.25) is 0 Å². The topological polar surface area (TPSA) is 62.4 Å². The van der Waals surface area contributed by atoms with Crippen LogP contribution in [-0.4, -0.2) is 41.1 Å². The summed E-state index contributed by atoms with van der Waals surface area (Å²) in [7, 11) is 0. The van der Waals surface area contributed by atoms with Gasteiger partial charge in [0.1, 0.15) is 5.56 Å². The lowest BCUT2D eigenvalue weighted by molar-refractivity contribution is -0.0304. The number of morpholine rings is 1. The molecule has 3 rings (SSSR count). The van der Waals surface area contributed by atoms with Gasteiger partial charge in [0.25, 0.3) is 5.91 Å². The van der Waals surface area contributed by atoms with E-state index < -0.39 is 0 Å². The van der Waals surface area contributed by atoms with E-state index in [2.05, 4.69) is 4.98 Å². The molecule has 2 fully saturated rings. The van der Waals surface area contributed by atoms with Crippen molar-refractivity contribution in [1.29, 1.82) is 0 Å². The second-order valence-electron chi connectivity index (χ2n) is 4.59. The lowest BCUT2D eigenvalue weighted by atomic mass is 10.2. The van der Waals surface area contributed by atoms with E-state index in [-0.39, 0.29) is 29.1 Å². The Morgan fingerprint density at radius 2 is 2.06 bits per heavy atom. The highest BCUT2D eigenvalue weighted by Crippen LogP contribution is 2.26. The summed E-state index contributed by atoms with van der Waals surface area (Å²) in [4.78, 5) is 28.3. The molecule has 5 nitrogen and oxygen atoms in total. The fraction of sp³-hybridized carbons (Fsp3) is 0.500. The minimum absolute atomic E-state index is 0.153. The number of hydrogen-bond acceptors (Lipinski definition) is 3. The molecule has 5 heteroatoms. The predicted octanol–water partition coefficient (Wildman–Crippen LogP) is 0.378. The Labute approximate surface area is 98.4 Å². The van der Waals surface area contributed by atoms with Crippen molar-refractivity contribution >= 4 is 5.91 Å². The predicted molar refractivity (Wildman–Crippen MR) is 60.9 cm³/mol. The van der Waals surface area contributed by atoms with E-state index in [4.69, 9.17) is 4.74 Å². The van der Waals surface area contributed by atoms with Gasteiger partial charge >= 0.3 is 0 Å². The van der Waals surface area contributed by atoms with Gasteiger partial charge in [-0.3, -0.25) is 9.59 Å². The van der Waals surface area contributed by atoms with Crippen LogP contribution < -0.4 is 5.43 Å². The van der Waals surface area contributed by atoms with Gasteiger partial charge in [-0.05, 0) is 12.8 Å². The van der Waals surface area contributed by atoms with Crippen LogP contribution in [0.4, 0.5) is 0 Å².